The molecule has 0 heteroatoms. The van der Waals surface area contributed by atoms with Crippen molar-refractivity contribution in [3.63, 3.8) is 0 Å². The molecule has 1 rings (SSSR count). The van der Waals surface area contributed by atoms with E-state index >= 15 is 0 Å². The van der Waals surface area contributed by atoms with Crippen LogP contribution in [0.1, 0.15) is 19.3 Å². The molecule has 0 spiro atoms. The monoisotopic (exact) mass is 223 g/mol. The molecule has 1 aliphatic carbocycles. The average Bonchev–Trinajstić information content (AvgIpc) is 2.35. The van der Waals surface area contributed by atoms with Gasteiger partial charge in [-0.25, -0.2) is 0 Å². The minimum atomic E-state index is 1.02. The molecule has 87 valence electrons. The molecule has 0 aromatic rings. The number of hydrogen-bond acceptors (Lipinski definition) is 0. The van der Waals surface area contributed by atoms with E-state index in [0.717, 1.165) is 19.3 Å². The molecule has 0 atom stereocenters. The van der Waals surface area contributed by atoms with E-state index < -0.39 is 0 Å². The van der Waals surface area contributed by atoms with Gasteiger partial charge in [0, 0.05) is 0 Å². The summed E-state index contributed by atoms with van der Waals surface area (Å²) in [6.07, 6.45) is 33.0. The molecule has 0 aromatic heterocycles. The second kappa shape index (κ2) is 10.7. The fourth-order valence-electron chi connectivity index (χ4n) is 1.28. The van der Waals surface area contributed by atoms with Crippen LogP contribution >= 0.6 is 0 Å². The molecule has 0 saturated heterocycles. The van der Waals surface area contributed by atoms with Crippen molar-refractivity contribution in [2.45, 2.75) is 19.3 Å². The third kappa shape index (κ3) is 9.13. The van der Waals surface area contributed by atoms with E-state index in [1.807, 2.05) is 60.8 Å². The lowest BCUT2D eigenvalue weighted by Gasteiger charge is -1.87. The van der Waals surface area contributed by atoms with Gasteiger partial charge in [0.1, 0.15) is 0 Å². The zero-order valence-corrected chi connectivity index (χ0v) is 10.1. The first-order valence-electron chi connectivity index (χ1n) is 6.05. The molecular formula is C17H19. The third-order valence-electron chi connectivity index (χ3n) is 2.15. The zero-order chi connectivity index (χ0) is 12.0. The molecule has 0 bridgehead atoms. The first-order valence-corrected chi connectivity index (χ1v) is 6.05. The lowest BCUT2D eigenvalue weighted by atomic mass is 10.2. The summed E-state index contributed by atoms with van der Waals surface area (Å²) < 4.78 is 0. The Hall–Kier alpha value is -1.82. The van der Waals surface area contributed by atoms with Gasteiger partial charge >= 0.3 is 0 Å². The highest BCUT2D eigenvalue weighted by atomic mass is 13.8. The van der Waals surface area contributed by atoms with Crippen LogP contribution in [0, 0.1) is 6.08 Å². The Balaban J connectivity index is 2.54. The first kappa shape index (κ1) is 13.2. The molecule has 17 heavy (non-hydrogen) atoms. The summed E-state index contributed by atoms with van der Waals surface area (Å²) in [4.78, 5) is 0. The Morgan fingerprint density at radius 3 is 1.76 bits per heavy atom. The molecule has 0 saturated carbocycles. The topological polar surface area (TPSA) is 0 Å². The van der Waals surface area contributed by atoms with Crippen LogP contribution in [0.25, 0.3) is 0 Å². The van der Waals surface area contributed by atoms with Crippen molar-refractivity contribution in [1.82, 2.24) is 0 Å². The Morgan fingerprint density at radius 2 is 1.12 bits per heavy atom. The van der Waals surface area contributed by atoms with Gasteiger partial charge in [-0.1, -0.05) is 79.0 Å². The van der Waals surface area contributed by atoms with Gasteiger partial charge in [0.05, 0.1) is 0 Å². The molecule has 0 fully saturated rings. The van der Waals surface area contributed by atoms with Gasteiger partial charge in [-0.3, -0.25) is 0 Å². The Bertz CT molecular complexity index is 335. The second-order valence-electron chi connectivity index (χ2n) is 3.62. The van der Waals surface area contributed by atoms with Crippen LogP contribution in [0.2, 0.25) is 0 Å². The smallest absolute Gasteiger partial charge is 0.0273 e. The predicted octanol–water partition coefficient (Wildman–Crippen LogP) is 4.87. The van der Waals surface area contributed by atoms with E-state index in [1.54, 1.807) is 0 Å². The first-order chi connectivity index (χ1) is 8.50. The summed E-state index contributed by atoms with van der Waals surface area (Å²) in [6.45, 7) is 0. The molecule has 0 N–H and O–H groups in total. The van der Waals surface area contributed by atoms with Gasteiger partial charge in [0.2, 0.25) is 0 Å². The van der Waals surface area contributed by atoms with E-state index in [0.29, 0.717) is 0 Å². The molecule has 1 radical (unpaired) electrons. The number of hydrogen-bond donors (Lipinski definition) is 0. The van der Waals surface area contributed by atoms with Crippen molar-refractivity contribution in [2.24, 2.45) is 0 Å². The molecule has 1 aliphatic rings. The van der Waals surface area contributed by atoms with Crippen LogP contribution in [0.5, 0.6) is 0 Å². The van der Waals surface area contributed by atoms with Crippen LogP contribution in [-0.4, -0.2) is 0 Å². The normalized spacial score (nSPS) is 30.6. The standard InChI is InChI=1S/C17H19/c1-2-4-6-8-10-12-14-16-17-15-13-11-9-7-5-3-1/h1-13H,14,16-17H2/b3-1+,4-2+,7-5-,8-6-,11-9+,12-10+,15-13?. The van der Waals surface area contributed by atoms with Gasteiger partial charge in [0.15, 0.2) is 0 Å². The lowest BCUT2D eigenvalue weighted by molar-refractivity contribution is 0.855. The molecular weight excluding hydrogens is 204 g/mol. The largest absolute Gasteiger partial charge is 0.0845 e. The minimum absolute atomic E-state index is 1.02. The molecule has 0 heterocycles. The third-order valence-corrected chi connectivity index (χ3v) is 2.15. The van der Waals surface area contributed by atoms with Gasteiger partial charge in [0.25, 0.3) is 0 Å². The summed E-state index contributed by atoms with van der Waals surface area (Å²) in [5.74, 6) is 0. The molecule has 0 unspecified atom stereocenters. The maximum atomic E-state index is 3.25. The summed E-state index contributed by atoms with van der Waals surface area (Å²) in [5, 5.41) is 0. The van der Waals surface area contributed by atoms with E-state index in [4.69, 9.17) is 0 Å². The van der Waals surface area contributed by atoms with E-state index in [2.05, 4.69) is 24.3 Å². The van der Waals surface area contributed by atoms with Crippen LogP contribution in [0.3, 0.4) is 0 Å². The minimum Gasteiger partial charge on any atom is -0.0845 e. The lowest BCUT2D eigenvalue weighted by Crippen LogP contribution is -1.68. The van der Waals surface area contributed by atoms with Crippen molar-refractivity contribution in [3.05, 3.63) is 85.1 Å². The van der Waals surface area contributed by atoms with Gasteiger partial charge < -0.3 is 0 Å². The predicted molar refractivity (Wildman–Crippen MR) is 76.5 cm³/mol. The van der Waals surface area contributed by atoms with Crippen molar-refractivity contribution in [1.29, 1.82) is 0 Å². The van der Waals surface area contributed by atoms with Crippen molar-refractivity contribution >= 4 is 0 Å². The van der Waals surface area contributed by atoms with Gasteiger partial charge in [-0.2, -0.15) is 0 Å². The van der Waals surface area contributed by atoms with Crippen LogP contribution in [-0.2, 0) is 0 Å². The van der Waals surface area contributed by atoms with Crippen LogP contribution in [0.4, 0.5) is 0 Å². The fraction of sp³-hybridized carbons (Fsp3) is 0.176. The number of rotatable bonds is 0. The Morgan fingerprint density at radius 1 is 0.588 bits per heavy atom. The highest BCUT2D eigenvalue weighted by Gasteiger charge is 1.79. The highest BCUT2D eigenvalue weighted by Crippen LogP contribution is 1.98. The fourth-order valence-corrected chi connectivity index (χ4v) is 1.28. The summed E-state index contributed by atoms with van der Waals surface area (Å²) in [5.41, 5.74) is 0. The quantitative estimate of drug-likeness (QED) is 0.549. The Labute approximate surface area is 105 Å². The zero-order valence-electron chi connectivity index (χ0n) is 10.1. The van der Waals surface area contributed by atoms with Crippen LogP contribution < -0.4 is 0 Å². The summed E-state index contributed by atoms with van der Waals surface area (Å²) in [6, 6.07) is 0. The Kier molecular flexibility index (Phi) is 8.33. The average molecular weight is 223 g/mol. The van der Waals surface area contributed by atoms with Crippen molar-refractivity contribution < 1.29 is 0 Å². The van der Waals surface area contributed by atoms with E-state index in [-0.39, 0.29) is 0 Å². The molecule has 0 nitrogen and oxygen atoms in total. The number of allylic oxidation sites excluding steroid dienone is 14. The van der Waals surface area contributed by atoms with Crippen molar-refractivity contribution in [3.8, 4) is 0 Å². The van der Waals surface area contributed by atoms with Crippen LogP contribution in [0.15, 0.2) is 79.0 Å². The SMILES string of the molecule is [C]1=C/C=C/C=C\C=C\C=C\C=C/C=C/CCC/1. The summed E-state index contributed by atoms with van der Waals surface area (Å²) >= 11 is 0. The highest BCUT2D eigenvalue weighted by molar-refractivity contribution is 5.20. The second-order valence-corrected chi connectivity index (χ2v) is 3.62. The maximum Gasteiger partial charge on any atom is -0.0273 e. The summed E-state index contributed by atoms with van der Waals surface area (Å²) in [7, 11) is 0. The molecule has 0 amide bonds. The van der Waals surface area contributed by atoms with Crippen molar-refractivity contribution in [2.75, 3.05) is 0 Å². The molecule has 0 aromatic carbocycles. The van der Waals surface area contributed by atoms with Gasteiger partial charge in [-0.05, 0) is 25.3 Å². The molecule has 0 aliphatic heterocycles. The van der Waals surface area contributed by atoms with E-state index in [9.17, 15) is 0 Å². The van der Waals surface area contributed by atoms with E-state index in [1.165, 1.54) is 0 Å². The maximum absolute atomic E-state index is 3.25. The van der Waals surface area contributed by atoms with Gasteiger partial charge in [-0.15, -0.1) is 0 Å².